The Hall–Kier alpha value is -4.40. The number of nitrogens with one attached hydrogen (secondary N) is 1. The lowest BCUT2D eigenvalue weighted by atomic mass is 10.2. The Kier molecular flexibility index (Phi) is 6.18. The van der Waals surface area contributed by atoms with Gasteiger partial charge in [-0.1, -0.05) is 6.07 Å². The third-order valence-corrected chi connectivity index (χ3v) is 5.29. The minimum Gasteiger partial charge on any atom is -0.494 e. The molecular formula is C25H22FN3O5. The van der Waals surface area contributed by atoms with E-state index in [1.54, 1.807) is 30.3 Å². The Balaban J connectivity index is 1.82. The molecule has 1 N–H and O–H groups in total. The molecule has 1 amide bonds. The molecule has 0 bridgehead atoms. The van der Waals surface area contributed by atoms with Gasteiger partial charge >= 0.3 is 11.1 Å². The van der Waals surface area contributed by atoms with Crippen LogP contribution in [0.25, 0.3) is 11.0 Å². The van der Waals surface area contributed by atoms with E-state index < -0.39 is 22.8 Å². The summed E-state index contributed by atoms with van der Waals surface area (Å²) in [6.45, 7) is 2.40. The van der Waals surface area contributed by atoms with Crippen molar-refractivity contribution in [3.63, 3.8) is 0 Å². The third-order valence-electron chi connectivity index (χ3n) is 5.29. The molecule has 8 nitrogen and oxygen atoms in total. The van der Waals surface area contributed by atoms with Crippen molar-refractivity contribution in [1.82, 2.24) is 9.13 Å². The van der Waals surface area contributed by atoms with E-state index in [2.05, 4.69) is 5.32 Å². The number of halogens is 1. The minimum absolute atomic E-state index is 0.112. The molecule has 0 atom stereocenters. The predicted molar refractivity (Wildman–Crippen MR) is 126 cm³/mol. The molecule has 34 heavy (non-hydrogen) atoms. The smallest absolute Gasteiger partial charge is 0.316 e. The quantitative estimate of drug-likeness (QED) is 0.439. The average molecular weight is 463 g/mol. The fraction of sp³-hybridized carbons (Fsp3) is 0.160. The van der Waals surface area contributed by atoms with Gasteiger partial charge in [-0.2, -0.15) is 0 Å². The number of nitrogens with zero attached hydrogens (tertiary/aromatic N) is 2. The normalized spacial score (nSPS) is 10.8. The lowest BCUT2D eigenvalue weighted by molar-refractivity contribution is 0.102. The number of carbonyl (C=O) groups is 1. The average Bonchev–Trinajstić information content (AvgIpc) is 2.83. The van der Waals surface area contributed by atoms with Crippen LogP contribution in [-0.2, 0) is 14.1 Å². The van der Waals surface area contributed by atoms with Crippen LogP contribution in [0.4, 0.5) is 10.1 Å². The van der Waals surface area contributed by atoms with Crippen LogP contribution in [0.1, 0.15) is 17.3 Å². The fourth-order valence-corrected chi connectivity index (χ4v) is 3.50. The number of ether oxygens (including phenoxy) is 2. The number of aromatic nitrogens is 2. The van der Waals surface area contributed by atoms with Crippen molar-refractivity contribution in [3.8, 4) is 17.2 Å². The molecule has 0 aliphatic carbocycles. The van der Waals surface area contributed by atoms with E-state index in [1.807, 2.05) is 6.92 Å². The maximum Gasteiger partial charge on any atom is 0.316 e. The van der Waals surface area contributed by atoms with E-state index in [-0.39, 0.29) is 17.0 Å². The summed E-state index contributed by atoms with van der Waals surface area (Å²) in [6, 6.07) is 15.2. The van der Waals surface area contributed by atoms with Crippen molar-refractivity contribution in [1.29, 1.82) is 0 Å². The van der Waals surface area contributed by atoms with E-state index >= 15 is 0 Å². The molecule has 9 heteroatoms. The van der Waals surface area contributed by atoms with Gasteiger partial charge in [0.05, 0.1) is 23.3 Å². The summed E-state index contributed by atoms with van der Waals surface area (Å²) in [6.07, 6.45) is 0. The summed E-state index contributed by atoms with van der Waals surface area (Å²) in [5, 5.41) is 2.72. The Morgan fingerprint density at radius 2 is 1.53 bits per heavy atom. The Bertz CT molecular complexity index is 1510. The Morgan fingerprint density at radius 1 is 0.912 bits per heavy atom. The first-order valence-corrected chi connectivity index (χ1v) is 10.5. The highest BCUT2D eigenvalue weighted by atomic mass is 19.1. The van der Waals surface area contributed by atoms with E-state index in [1.165, 1.54) is 47.5 Å². The van der Waals surface area contributed by atoms with Crippen molar-refractivity contribution in [2.75, 3.05) is 11.9 Å². The van der Waals surface area contributed by atoms with E-state index in [0.29, 0.717) is 29.1 Å². The van der Waals surface area contributed by atoms with Crippen molar-refractivity contribution >= 4 is 22.6 Å². The number of hydrogen-bond acceptors (Lipinski definition) is 5. The number of anilines is 1. The molecule has 0 saturated heterocycles. The van der Waals surface area contributed by atoms with Gasteiger partial charge in [0.2, 0.25) is 0 Å². The van der Waals surface area contributed by atoms with Gasteiger partial charge in [-0.15, -0.1) is 0 Å². The highest BCUT2D eigenvalue weighted by Crippen LogP contribution is 2.34. The molecular weight excluding hydrogens is 441 g/mol. The van der Waals surface area contributed by atoms with Gasteiger partial charge in [0.15, 0.2) is 5.75 Å². The van der Waals surface area contributed by atoms with E-state index in [4.69, 9.17) is 9.47 Å². The maximum atomic E-state index is 13.6. The van der Waals surface area contributed by atoms with Crippen molar-refractivity contribution in [2.24, 2.45) is 14.1 Å². The first kappa shape index (κ1) is 22.8. The maximum absolute atomic E-state index is 13.6. The minimum atomic E-state index is -0.711. The number of benzene rings is 3. The molecule has 0 spiro atoms. The first-order valence-electron chi connectivity index (χ1n) is 10.5. The van der Waals surface area contributed by atoms with Crippen molar-refractivity contribution < 1.29 is 18.7 Å². The van der Waals surface area contributed by atoms with Gasteiger partial charge in [-0.25, -0.2) is 4.39 Å². The molecule has 1 aromatic heterocycles. The van der Waals surface area contributed by atoms with Crippen molar-refractivity contribution in [2.45, 2.75) is 6.92 Å². The standard InChI is InChI=1S/C25H22FN3O5/c1-4-33-17-8-10-18(11-9-17)34-22-14-21-20(28(2)24(31)25(32)29(21)3)13-19(22)27-23(30)15-6-5-7-16(26)12-15/h5-14H,4H2,1-3H3,(H,27,30). The van der Waals surface area contributed by atoms with E-state index in [9.17, 15) is 18.8 Å². The SMILES string of the molecule is CCOc1ccc(Oc2cc3c(cc2NC(=O)c2cccc(F)c2)n(C)c(=O)c(=O)n3C)cc1. The van der Waals surface area contributed by atoms with Crippen LogP contribution < -0.4 is 25.9 Å². The van der Waals surface area contributed by atoms with Gasteiger partial charge < -0.3 is 23.9 Å². The fourth-order valence-electron chi connectivity index (χ4n) is 3.50. The summed E-state index contributed by atoms with van der Waals surface area (Å²) >= 11 is 0. The van der Waals surface area contributed by atoms with Crippen LogP contribution in [0.3, 0.4) is 0 Å². The second kappa shape index (κ2) is 9.22. The predicted octanol–water partition coefficient (Wildman–Crippen LogP) is 3.82. The Labute approximate surface area is 193 Å². The third kappa shape index (κ3) is 4.40. The highest BCUT2D eigenvalue weighted by Gasteiger charge is 2.17. The van der Waals surface area contributed by atoms with Crippen LogP contribution in [0.15, 0.2) is 70.3 Å². The zero-order valence-electron chi connectivity index (χ0n) is 18.8. The van der Waals surface area contributed by atoms with Crippen LogP contribution in [0.2, 0.25) is 0 Å². The Morgan fingerprint density at radius 3 is 2.15 bits per heavy atom. The number of hydrogen-bond donors (Lipinski definition) is 1. The molecule has 0 aliphatic heterocycles. The van der Waals surface area contributed by atoms with Crippen LogP contribution in [0, 0.1) is 5.82 Å². The van der Waals surface area contributed by atoms with Crippen molar-refractivity contribution in [3.05, 3.63) is 92.8 Å². The second-order valence-corrected chi connectivity index (χ2v) is 7.54. The molecule has 4 rings (SSSR count). The summed E-state index contributed by atoms with van der Waals surface area (Å²) in [4.78, 5) is 37.5. The summed E-state index contributed by atoms with van der Waals surface area (Å²) in [5.74, 6) is 0.249. The number of aryl methyl sites for hydroxylation is 2. The number of amides is 1. The van der Waals surface area contributed by atoms with Gasteiger partial charge in [0.25, 0.3) is 5.91 Å². The second-order valence-electron chi connectivity index (χ2n) is 7.54. The van der Waals surface area contributed by atoms with Gasteiger partial charge in [-0.3, -0.25) is 14.4 Å². The first-order chi connectivity index (χ1) is 16.3. The molecule has 174 valence electrons. The number of fused-ring (bicyclic) bond motifs is 1. The molecule has 0 aliphatic rings. The molecule has 4 aromatic rings. The molecule has 3 aromatic carbocycles. The summed E-state index contributed by atoms with van der Waals surface area (Å²) < 4.78 is 27.5. The summed E-state index contributed by atoms with van der Waals surface area (Å²) in [7, 11) is 2.95. The lowest BCUT2D eigenvalue weighted by Crippen LogP contribution is -2.39. The van der Waals surface area contributed by atoms with Crippen LogP contribution in [-0.4, -0.2) is 21.6 Å². The molecule has 0 saturated carbocycles. The molecule has 1 heterocycles. The van der Waals surface area contributed by atoms with Gasteiger partial charge in [0, 0.05) is 25.7 Å². The van der Waals surface area contributed by atoms with Crippen LogP contribution >= 0.6 is 0 Å². The van der Waals surface area contributed by atoms with Gasteiger partial charge in [0.1, 0.15) is 17.3 Å². The zero-order valence-corrected chi connectivity index (χ0v) is 18.8. The molecule has 0 fully saturated rings. The lowest BCUT2D eigenvalue weighted by Gasteiger charge is -2.17. The number of rotatable bonds is 6. The van der Waals surface area contributed by atoms with Gasteiger partial charge in [-0.05, 0) is 55.5 Å². The topological polar surface area (TPSA) is 91.6 Å². The van der Waals surface area contributed by atoms with E-state index in [0.717, 1.165) is 6.07 Å². The molecule has 0 unspecified atom stereocenters. The molecule has 0 radical (unpaired) electrons. The monoisotopic (exact) mass is 463 g/mol. The zero-order chi connectivity index (χ0) is 24.4. The highest BCUT2D eigenvalue weighted by molar-refractivity contribution is 6.06. The number of carbonyl (C=O) groups excluding carboxylic acids is 1. The van der Waals surface area contributed by atoms with Crippen LogP contribution in [0.5, 0.6) is 17.2 Å². The summed E-state index contributed by atoms with van der Waals surface area (Å²) in [5.41, 5.74) is -0.223. The largest absolute Gasteiger partial charge is 0.494 e.